The number of hydrogen-bond donors (Lipinski definition) is 0. The van der Waals surface area contributed by atoms with Crippen LogP contribution in [0.4, 0.5) is 0 Å². The Balaban J connectivity index is 1.82. The fourth-order valence-corrected chi connectivity index (χ4v) is 2.86. The molecule has 1 fully saturated rings. The van der Waals surface area contributed by atoms with E-state index in [9.17, 15) is 9.59 Å². The van der Waals surface area contributed by atoms with Gasteiger partial charge in [-0.2, -0.15) is 0 Å². The molecule has 0 atom stereocenters. The lowest BCUT2D eigenvalue weighted by Crippen LogP contribution is -2.40. The number of morpholine rings is 1. The van der Waals surface area contributed by atoms with Crippen molar-refractivity contribution in [2.45, 2.75) is 0 Å². The molecule has 26 heavy (non-hydrogen) atoms. The van der Waals surface area contributed by atoms with Crippen LogP contribution >= 0.6 is 0 Å². The molecule has 0 saturated carbocycles. The SMILES string of the molecule is COc1ccc(OC)c(C(=O)c2ccc(C(=O)N3CCOCC3)cc2)c1. The Morgan fingerprint density at radius 1 is 0.923 bits per heavy atom. The Hall–Kier alpha value is -2.86. The highest BCUT2D eigenvalue weighted by Crippen LogP contribution is 2.26. The summed E-state index contributed by atoms with van der Waals surface area (Å²) < 4.78 is 15.7. The molecular formula is C20H21NO5. The smallest absolute Gasteiger partial charge is 0.254 e. The van der Waals surface area contributed by atoms with E-state index in [-0.39, 0.29) is 11.7 Å². The van der Waals surface area contributed by atoms with Gasteiger partial charge >= 0.3 is 0 Å². The number of hydrogen-bond acceptors (Lipinski definition) is 5. The Morgan fingerprint density at radius 3 is 2.19 bits per heavy atom. The van der Waals surface area contributed by atoms with Crippen LogP contribution in [0.2, 0.25) is 0 Å². The van der Waals surface area contributed by atoms with Crippen LogP contribution in [0.5, 0.6) is 11.5 Å². The van der Waals surface area contributed by atoms with Crippen LogP contribution in [0.1, 0.15) is 26.3 Å². The molecule has 0 aliphatic carbocycles. The third-order valence-corrected chi connectivity index (χ3v) is 4.34. The maximum atomic E-state index is 12.8. The zero-order valence-corrected chi connectivity index (χ0v) is 14.9. The van der Waals surface area contributed by atoms with Gasteiger partial charge < -0.3 is 19.1 Å². The van der Waals surface area contributed by atoms with Gasteiger partial charge in [0.05, 0.1) is 33.0 Å². The molecule has 1 amide bonds. The molecule has 1 saturated heterocycles. The zero-order chi connectivity index (χ0) is 18.5. The first-order valence-corrected chi connectivity index (χ1v) is 8.38. The minimum absolute atomic E-state index is 0.0498. The number of amides is 1. The minimum Gasteiger partial charge on any atom is -0.497 e. The topological polar surface area (TPSA) is 65.1 Å². The second-order valence-corrected chi connectivity index (χ2v) is 5.88. The highest BCUT2D eigenvalue weighted by atomic mass is 16.5. The predicted octanol–water partition coefficient (Wildman–Crippen LogP) is 2.41. The Bertz CT molecular complexity index is 794. The van der Waals surface area contributed by atoms with Crippen LogP contribution in [0, 0.1) is 0 Å². The van der Waals surface area contributed by atoms with Gasteiger partial charge in [-0.3, -0.25) is 9.59 Å². The molecule has 6 heteroatoms. The zero-order valence-electron chi connectivity index (χ0n) is 14.9. The first-order chi connectivity index (χ1) is 12.6. The average Bonchev–Trinajstić information content (AvgIpc) is 2.73. The lowest BCUT2D eigenvalue weighted by atomic mass is 10.0. The van der Waals surface area contributed by atoms with Crippen LogP contribution in [0.3, 0.4) is 0 Å². The summed E-state index contributed by atoms with van der Waals surface area (Å²) in [6, 6.07) is 11.8. The summed E-state index contributed by atoms with van der Waals surface area (Å²) in [6.45, 7) is 2.27. The highest BCUT2D eigenvalue weighted by Gasteiger charge is 2.20. The van der Waals surface area contributed by atoms with E-state index in [4.69, 9.17) is 14.2 Å². The van der Waals surface area contributed by atoms with E-state index in [1.54, 1.807) is 54.5 Å². The van der Waals surface area contributed by atoms with E-state index in [0.29, 0.717) is 54.5 Å². The van der Waals surface area contributed by atoms with Crippen molar-refractivity contribution in [3.05, 3.63) is 59.2 Å². The van der Waals surface area contributed by atoms with Gasteiger partial charge in [-0.25, -0.2) is 0 Å². The molecule has 1 heterocycles. The fourth-order valence-electron chi connectivity index (χ4n) is 2.86. The lowest BCUT2D eigenvalue weighted by Gasteiger charge is -2.26. The van der Waals surface area contributed by atoms with Gasteiger partial charge in [0.25, 0.3) is 5.91 Å². The van der Waals surface area contributed by atoms with Crippen molar-refractivity contribution in [2.24, 2.45) is 0 Å². The molecule has 1 aliphatic heterocycles. The van der Waals surface area contributed by atoms with Gasteiger partial charge in [-0.1, -0.05) is 12.1 Å². The van der Waals surface area contributed by atoms with Crippen molar-refractivity contribution in [3.63, 3.8) is 0 Å². The molecule has 0 bridgehead atoms. The van der Waals surface area contributed by atoms with E-state index in [1.165, 1.54) is 7.11 Å². The van der Waals surface area contributed by atoms with Gasteiger partial charge in [0.1, 0.15) is 11.5 Å². The molecule has 1 aliphatic rings. The average molecular weight is 355 g/mol. The summed E-state index contributed by atoms with van der Waals surface area (Å²) in [5.41, 5.74) is 1.45. The van der Waals surface area contributed by atoms with E-state index >= 15 is 0 Å². The summed E-state index contributed by atoms with van der Waals surface area (Å²) in [5, 5.41) is 0. The summed E-state index contributed by atoms with van der Waals surface area (Å²) in [4.78, 5) is 27.1. The highest BCUT2D eigenvalue weighted by molar-refractivity contribution is 6.11. The third kappa shape index (κ3) is 3.70. The lowest BCUT2D eigenvalue weighted by molar-refractivity contribution is 0.0303. The molecule has 0 unspecified atom stereocenters. The summed E-state index contributed by atoms with van der Waals surface area (Å²) >= 11 is 0. The van der Waals surface area contributed by atoms with Gasteiger partial charge in [0.15, 0.2) is 5.78 Å². The number of nitrogens with zero attached hydrogens (tertiary/aromatic N) is 1. The van der Waals surface area contributed by atoms with Crippen molar-refractivity contribution in [2.75, 3.05) is 40.5 Å². The van der Waals surface area contributed by atoms with Crippen molar-refractivity contribution in [1.82, 2.24) is 4.90 Å². The minimum atomic E-state index is -0.189. The van der Waals surface area contributed by atoms with Crippen molar-refractivity contribution in [1.29, 1.82) is 0 Å². The van der Waals surface area contributed by atoms with E-state index in [1.807, 2.05) is 0 Å². The molecule has 0 radical (unpaired) electrons. The number of rotatable bonds is 5. The van der Waals surface area contributed by atoms with Crippen molar-refractivity contribution in [3.8, 4) is 11.5 Å². The molecule has 2 aromatic rings. The number of methoxy groups -OCH3 is 2. The molecule has 2 aromatic carbocycles. The standard InChI is InChI=1S/C20H21NO5/c1-24-16-7-8-18(25-2)17(13-16)19(22)14-3-5-15(6-4-14)20(23)21-9-11-26-12-10-21/h3-8,13H,9-12H2,1-2H3. The Labute approximate surface area is 152 Å². The Kier molecular flexibility index (Phi) is 5.53. The van der Waals surface area contributed by atoms with E-state index in [0.717, 1.165) is 0 Å². The molecule has 136 valence electrons. The summed E-state index contributed by atoms with van der Waals surface area (Å²) in [5.74, 6) is 0.815. The molecule has 6 nitrogen and oxygen atoms in total. The van der Waals surface area contributed by atoms with E-state index < -0.39 is 0 Å². The largest absolute Gasteiger partial charge is 0.497 e. The van der Waals surface area contributed by atoms with Crippen molar-refractivity contribution < 1.29 is 23.8 Å². The quantitative estimate of drug-likeness (QED) is 0.771. The van der Waals surface area contributed by atoms with Gasteiger partial charge in [-0.05, 0) is 30.3 Å². The van der Waals surface area contributed by atoms with Crippen LogP contribution in [0.15, 0.2) is 42.5 Å². The van der Waals surface area contributed by atoms with Crippen LogP contribution in [-0.2, 0) is 4.74 Å². The maximum Gasteiger partial charge on any atom is 0.254 e. The first-order valence-electron chi connectivity index (χ1n) is 8.38. The fraction of sp³-hybridized carbons (Fsp3) is 0.300. The summed E-state index contributed by atoms with van der Waals surface area (Å²) in [6.07, 6.45) is 0. The molecule has 0 aromatic heterocycles. The molecule has 3 rings (SSSR count). The number of carbonyl (C=O) groups excluding carboxylic acids is 2. The van der Waals surface area contributed by atoms with Gasteiger partial charge in [0, 0.05) is 24.2 Å². The Morgan fingerprint density at radius 2 is 1.58 bits per heavy atom. The molecule has 0 N–H and O–H groups in total. The predicted molar refractivity (Wildman–Crippen MR) is 96.1 cm³/mol. The van der Waals surface area contributed by atoms with E-state index in [2.05, 4.69) is 0 Å². The normalized spacial score (nSPS) is 14.0. The second kappa shape index (κ2) is 8.01. The first kappa shape index (κ1) is 17.9. The second-order valence-electron chi connectivity index (χ2n) is 5.88. The van der Waals surface area contributed by atoms with Crippen LogP contribution in [-0.4, -0.2) is 57.1 Å². The van der Waals surface area contributed by atoms with Crippen LogP contribution in [0.25, 0.3) is 0 Å². The third-order valence-electron chi connectivity index (χ3n) is 4.34. The number of benzene rings is 2. The summed E-state index contributed by atoms with van der Waals surface area (Å²) in [7, 11) is 3.06. The number of ether oxygens (including phenoxy) is 3. The molecular weight excluding hydrogens is 334 g/mol. The monoisotopic (exact) mass is 355 g/mol. The van der Waals surface area contributed by atoms with Crippen LogP contribution < -0.4 is 9.47 Å². The van der Waals surface area contributed by atoms with Gasteiger partial charge in [-0.15, -0.1) is 0 Å². The maximum absolute atomic E-state index is 12.8. The van der Waals surface area contributed by atoms with Gasteiger partial charge in [0.2, 0.25) is 0 Å². The number of ketones is 1. The van der Waals surface area contributed by atoms with Crippen molar-refractivity contribution >= 4 is 11.7 Å². The molecule has 0 spiro atoms. The number of carbonyl (C=O) groups is 2.